The highest BCUT2D eigenvalue weighted by Gasteiger charge is 2.23. The van der Waals surface area contributed by atoms with Crippen LogP contribution in [0.3, 0.4) is 0 Å². The molecule has 0 aliphatic heterocycles. The number of thiophene rings is 1. The van der Waals surface area contributed by atoms with Crippen molar-refractivity contribution < 1.29 is 14.6 Å². The van der Waals surface area contributed by atoms with Crippen LogP contribution in [-0.4, -0.2) is 33.6 Å². The number of fused-ring (bicyclic) bond motifs is 4. The number of benzene rings is 1. The molecule has 0 amide bonds. The molecule has 0 fully saturated rings. The van der Waals surface area contributed by atoms with Gasteiger partial charge in [-0.25, -0.2) is 4.98 Å². The molecule has 6 nitrogen and oxygen atoms in total. The maximum atomic E-state index is 13.5. The molecular formula is C23H20N2O4S2. The lowest BCUT2D eigenvalue weighted by Crippen LogP contribution is -2.18. The number of pyridine rings is 1. The third-order valence-electron chi connectivity index (χ3n) is 5.73. The first-order valence-corrected chi connectivity index (χ1v) is 12.0. The number of rotatable bonds is 4. The second-order valence-corrected chi connectivity index (χ2v) is 9.44. The van der Waals surface area contributed by atoms with Crippen LogP contribution in [0.15, 0.2) is 40.2 Å². The van der Waals surface area contributed by atoms with E-state index in [1.54, 1.807) is 23.5 Å². The quantitative estimate of drug-likeness (QED) is 0.364. The molecule has 1 N–H and O–H groups in total. The Labute approximate surface area is 186 Å². The molecule has 1 aliphatic carbocycles. The molecule has 0 unspecified atom stereocenters. The highest BCUT2D eigenvalue weighted by Crippen LogP contribution is 2.35. The van der Waals surface area contributed by atoms with Crippen molar-refractivity contribution >= 4 is 44.7 Å². The van der Waals surface area contributed by atoms with Crippen molar-refractivity contribution in [3.63, 3.8) is 0 Å². The van der Waals surface area contributed by atoms with Crippen LogP contribution in [0.4, 0.5) is 0 Å². The number of aryl methyl sites for hydroxylation is 2. The Bertz CT molecular complexity index is 1420. The Morgan fingerprint density at radius 2 is 2.06 bits per heavy atom. The summed E-state index contributed by atoms with van der Waals surface area (Å²) in [6.07, 6.45) is 7.53. The van der Waals surface area contributed by atoms with Gasteiger partial charge in [0.15, 0.2) is 11.4 Å². The summed E-state index contributed by atoms with van der Waals surface area (Å²) in [5.74, 6) is -0.0464. The van der Waals surface area contributed by atoms with Crippen LogP contribution in [0.25, 0.3) is 15.9 Å². The molecule has 8 heteroatoms. The van der Waals surface area contributed by atoms with Crippen LogP contribution in [0.5, 0.6) is 11.5 Å². The van der Waals surface area contributed by atoms with E-state index in [1.165, 1.54) is 46.5 Å². The molecule has 0 atom stereocenters. The summed E-state index contributed by atoms with van der Waals surface area (Å²) in [6.45, 7) is 0. The van der Waals surface area contributed by atoms with Crippen molar-refractivity contribution in [2.24, 2.45) is 0 Å². The van der Waals surface area contributed by atoms with Crippen LogP contribution >= 0.6 is 23.1 Å². The normalized spacial score (nSPS) is 13.5. The topological polar surface area (TPSA) is 80.9 Å². The lowest BCUT2D eigenvalue weighted by molar-refractivity contribution is 0.103. The summed E-state index contributed by atoms with van der Waals surface area (Å²) < 4.78 is 6.68. The van der Waals surface area contributed by atoms with E-state index in [0.29, 0.717) is 22.3 Å². The minimum atomic E-state index is -0.382. The number of hydrogen-bond acceptors (Lipinski definition) is 7. The lowest BCUT2D eigenvalue weighted by Gasteiger charge is -2.12. The van der Waals surface area contributed by atoms with Crippen molar-refractivity contribution in [1.82, 2.24) is 9.38 Å². The van der Waals surface area contributed by atoms with E-state index in [-0.39, 0.29) is 22.7 Å². The van der Waals surface area contributed by atoms with E-state index in [0.717, 1.165) is 41.0 Å². The third-order valence-corrected chi connectivity index (χ3v) is 7.65. The molecule has 3 aromatic heterocycles. The number of phenolic OH excluding ortho intramolecular Hbond substituents is 1. The Kier molecular flexibility index (Phi) is 4.98. The molecule has 0 saturated heterocycles. The van der Waals surface area contributed by atoms with Gasteiger partial charge in [-0.1, -0.05) is 0 Å². The molecule has 5 rings (SSSR count). The standard InChI is InChI=1S/C23H20N2O4S2/c1-29-13-7-8-16(26)15(10-13)20(27)12-9-18(30-2)21-24-22-19(23(28)25(21)11-12)14-5-3-4-6-17(14)31-22/h7-11,26H,3-6H2,1-2H3. The lowest BCUT2D eigenvalue weighted by atomic mass is 9.97. The highest BCUT2D eigenvalue weighted by molar-refractivity contribution is 7.98. The Morgan fingerprint density at radius 3 is 2.84 bits per heavy atom. The van der Waals surface area contributed by atoms with Gasteiger partial charge in [-0.05, 0) is 61.8 Å². The van der Waals surface area contributed by atoms with Gasteiger partial charge in [0.1, 0.15) is 16.3 Å². The molecule has 158 valence electrons. The van der Waals surface area contributed by atoms with Gasteiger partial charge in [0.2, 0.25) is 0 Å². The van der Waals surface area contributed by atoms with Gasteiger partial charge in [0.05, 0.1) is 23.0 Å². The zero-order valence-corrected chi connectivity index (χ0v) is 18.7. The SMILES string of the molecule is COc1ccc(O)c(C(=O)c2cc(SC)c3nc4sc5c(c4c(=O)n3c2)CCCC5)c1. The summed E-state index contributed by atoms with van der Waals surface area (Å²) in [7, 11) is 1.50. The second kappa shape index (κ2) is 7.69. The number of carbonyl (C=O) groups is 1. The van der Waals surface area contributed by atoms with Crippen molar-refractivity contribution in [2.75, 3.05) is 13.4 Å². The van der Waals surface area contributed by atoms with E-state index < -0.39 is 0 Å². The van der Waals surface area contributed by atoms with Gasteiger partial charge in [-0.15, -0.1) is 23.1 Å². The number of thioether (sulfide) groups is 1. The monoisotopic (exact) mass is 452 g/mol. The average Bonchev–Trinajstić information content (AvgIpc) is 3.17. The molecule has 0 radical (unpaired) electrons. The predicted octanol–water partition coefficient (Wildman–Crippen LogP) is 4.46. The number of carbonyl (C=O) groups excluding carboxylic acids is 1. The third kappa shape index (κ3) is 3.21. The maximum Gasteiger partial charge on any atom is 0.266 e. The summed E-state index contributed by atoms with van der Waals surface area (Å²) in [4.78, 5) is 34.3. The van der Waals surface area contributed by atoms with Crippen LogP contribution in [0.2, 0.25) is 0 Å². The van der Waals surface area contributed by atoms with Gasteiger partial charge in [-0.2, -0.15) is 0 Å². The molecule has 1 aromatic carbocycles. The van der Waals surface area contributed by atoms with Crippen molar-refractivity contribution in [3.8, 4) is 11.5 Å². The Morgan fingerprint density at radius 1 is 1.26 bits per heavy atom. The van der Waals surface area contributed by atoms with Gasteiger partial charge in [0.25, 0.3) is 5.56 Å². The second-order valence-electron chi connectivity index (χ2n) is 7.51. The first kappa shape index (κ1) is 20.1. The fourth-order valence-corrected chi connectivity index (χ4v) is 5.97. The fraction of sp³-hybridized carbons (Fsp3) is 0.261. The van der Waals surface area contributed by atoms with Gasteiger partial charge < -0.3 is 9.84 Å². The average molecular weight is 453 g/mol. The number of hydrogen-bond donors (Lipinski definition) is 1. The van der Waals surface area contributed by atoms with E-state index in [4.69, 9.17) is 9.72 Å². The van der Waals surface area contributed by atoms with Crippen molar-refractivity contribution in [3.05, 3.63) is 62.4 Å². The summed E-state index contributed by atoms with van der Waals surface area (Å²) >= 11 is 3.05. The Hall–Kier alpha value is -2.84. The number of aromatic hydroxyl groups is 1. The molecule has 31 heavy (non-hydrogen) atoms. The number of aromatic nitrogens is 2. The fourth-order valence-electron chi connectivity index (χ4n) is 4.15. The summed E-state index contributed by atoms with van der Waals surface area (Å²) in [5.41, 5.74) is 1.97. The maximum absolute atomic E-state index is 13.5. The molecule has 1 aliphatic rings. The highest BCUT2D eigenvalue weighted by atomic mass is 32.2. The van der Waals surface area contributed by atoms with E-state index in [2.05, 4.69) is 0 Å². The van der Waals surface area contributed by atoms with Crippen LogP contribution in [0.1, 0.15) is 39.2 Å². The zero-order valence-electron chi connectivity index (χ0n) is 17.1. The van der Waals surface area contributed by atoms with E-state index >= 15 is 0 Å². The van der Waals surface area contributed by atoms with Gasteiger partial charge in [0, 0.05) is 16.6 Å². The predicted molar refractivity (Wildman–Crippen MR) is 123 cm³/mol. The van der Waals surface area contributed by atoms with Crippen LogP contribution < -0.4 is 10.3 Å². The smallest absolute Gasteiger partial charge is 0.266 e. The Balaban J connectivity index is 1.76. The molecule has 4 aromatic rings. The first-order chi connectivity index (χ1) is 15.0. The van der Waals surface area contributed by atoms with E-state index in [1.807, 2.05) is 6.26 Å². The number of ether oxygens (including phenoxy) is 1. The molecule has 0 bridgehead atoms. The number of methoxy groups -OCH3 is 1. The first-order valence-electron chi connectivity index (χ1n) is 9.98. The van der Waals surface area contributed by atoms with Gasteiger partial charge >= 0.3 is 0 Å². The zero-order chi connectivity index (χ0) is 21.7. The van der Waals surface area contributed by atoms with Crippen LogP contribution in [-0.2, 0) is 12.8 Å². The number of nitrogens with zero attached hydrogens (tertiary/aromatic N) is 2. The minimum absolute atomic E-state index is 0.126. The summed E-state index contributed by atoms with van der Waals surface area (Å²) in [6, 6.07) is 6.25. The van der Waals surface area contributed by atoms with Crippen LogP contribution in [0, 0.1) is 0 Å². The minimum Gasteiger partial charge on any atom is -0.507 e. The number of phenols is 1. The number of ketones is 1. The molecule has 3 heterocycles. The summed E-state index contributed by atoms with van der Waals surface area (Å²) in [5, 5.41) is 10.9. The van der Waals surface area contributed by atoms with Gasteiger partial charge in [-0.3, -0.25) is 14.0 Å². The van der Waals surface area contributed by atoms with E-state index in [9.17, 15) is 14.7 Å². The largest absolute Gasteiger partial charge is 0.507 e. The van der Waals surface area contributed by atoms with Crippen molar-refractivity contribution in [2.45, 2.75) is 30.6 Å². The molecule has 0 saturated carbocycles. The molecular weight excluding hydrogens is 432 g/mol. The van der Waals surface area contributed by atoms with Crippen molar-refractivity contribution in [1.29, 1.82) is 0 Å². The molecule has 0 spiro atoms.